The highest BCUT2D eigenvalue weighted by atomic mass is 16.2. The van der Waals surface area contributed by atoms with Crippen LogP contribution in [-0.2, 0) is 16.0 Å². The van der Waals surface area contributed by atoms with Crippen LogP contribution < -0.4 is 16.0 Å². The highest BCUT2D eigenvalue weighted by Gasteiger charge is 2.30. The number of hydrogen-bond donors (Lipinski definition) is 3. The number of amides is 2. The minimum absolute atomic E-state index is 0.0598. The molecule has 5 nitrogen and oxygen atoms in total. The molecule has 2 atom stereocenters. The van der Waals surface area contributed by atoms with Crippen LogP contribution in [0.1, 0.15) is 25.3 Å². The molecule has 0 bridgehead atoms. The quantitative estimate of drug-likeness (QED) is 0.775. The molecule has 1 heterocycles. The van der Waals surface area contributed by atoms with Crippen molar-refractivity contribution in [3.8, 4) is 0 Å². The molecule has 1 aromatic rings. The van der Waals surface area contributed by atoms with Gasteiger partial charge in [-0.15, -0.1) is 0 Å². The molecule has 3 N–H and O–H groups in total. The van der Waals surface area contributed by atoms with Gasteiger partial charge in [-0.25, -0.2) is 0 Å². The number of rotatable bonds is 4. The van der Waals surface area contributed by atoms with Crippen molar-refractivity contribution in [1.29, 1.82) is 0 Å². The van der Waals surface area contributed by atoms with E-state index in [0.717, 1.165) is 24.1 Å². The predicted molar refractivity (Wildman–Crippen MR) is 80.9 cm³/mol. The van der Waals surface area contributed by atoms with Crippen LogP contribution in [0, 0.1) is 5.92 Å². The van der Waals surface area contributed by atoms with E-state index in [1.807, 2.05) is 31.2 Å². The summed E-state index contributed by atoms with van der Waals surface area (Å²) >= 11 is 0. The Bertz CT molecular complexity index is 554. The molecule has 0 spiro atoms. The Labute approximate surface area is 124 Å². The zero-order chi connectivity index (χ0) is 14.8. The summed E-state index contributed by atoms with van der Waals surface area (Å²) in [5.74, 6) is -0.299. The van der Waals surface area contributed by atoms with Crippen molar-refractivity contribution in [2.75, 3.05) is 11.9 Å². The van der Waals surface area contributed by atoms with E-state index in [4.69, 9.17) is 0 Å². The third-order valence-corrected chi connectivity index (χ3v) is 4.15. The van der Waals surface area contributed by atoms with Gasteiger partial charge in [-0.05, 0) is 37.8 Å². The minimum atomic E-state index is -0.145. The number of nitrogens with one attached hydrogen (secondary N) is 3. The summed E-state index contributed by atoms with van der Waals surface area (Å²) in [5.41, 5.74) is 2.25. The van der Waals surface area contributed by atoms with Crippen molar-refractivity contribution >= 4 is 17.5 Å². The van der Waals surface area contributed by atoms with Crippen molar-refractivity contribution in [2.45, 2.75) is 38.3 Å². The zero-order valence-corrected chi connectivity index (χ0v) is 12.2. The Kier molecular flexibility index (Phi) is 3.82. The molecule has 1 saturated carbocycles. The monoisotopic (exact) mass is 287 g/mol. The molecule has 1 aromatic carbocycles. The van der Waals surface area contributed by atoms with E-state index in [0.29, 0.717) is 12.5 Å². The third kappa shape index (κ3) is 3.35. The summed E-state index contributed by atoms with van der Waals surface area (Å²) in [5, 5.41) is 8.98. The van der Waals surface area contributed by atoms with Gasteiger partial charge < -0.3 is 16.0 Å². The smallest absolute Gasteiger partial charge is 0.239 e. The molecule has 1 fully saturated rings. The summed E-state index contributed by atoms with van der Waals surface area (Å²) in [6, 6.07) is 8.43. The number of carbonyl (C=O) groups is 2. The van der Waals surface area contributed by atoms with Crippen LogP contribution in [0.2, 0.25) is 0 Å². The fourth-order valence-electron chi connectivity index (χ4n) is 2.72. The van der Waals surface area contributed by atoms with Crippen LogP contribution in [-0.4, -0.2) is 30.4 Å². The van der Waals surface area contributed by atoms with Crippen LogP contribution in [0.3, 0.4) is 0 Å². The summed E-state index contributed by atoms with van der Waals surface area (Å²) in [7, 11) is 0. The van der Waals surface area contributed by atoms with E-state index in [1.165, 1.54) is 0 Å². The number of hydrogen-bond acceptors (Lipinski definition) is 3. The fraction of sp³-hybridized carbons (Fsp3) is 0.500. The maximum atomic E-state index is 12.3. The second-order valence-corrected chi connectivity index (χ2v) is 5.96. The van der Waals surface area contributed by atoms with E-state index in [9.17, 15) is 9.59 Å². The topological polar surface area (TPSA) is 70.2 Å². The van der Waals surface area contributed by atoms with Gasteiger partial charge in [0.2, 0.25) is 11.8 Å². The van der Waals surface area contributed by atoms with Crippen LogP contribution in [0.4, 0.5) is 5.69 Å². The van der Waals surface area contributed by atoms with Gasteiger partial charge in [0.05, 0.1) is 12.5 Å². The van der Waals surface area contributed by atoms with Crippen LogP contribution >= 0.6 is 0 Å². The van der Waals surface area contributed by atoms with E-state index in [2.05, 4.69) is 16.0 Å². The molecule has 1 aliphatic carbocycles. The molecule has 2 aliphatic rings. The maximum absolute atomic E-state index is 12.3. The molecule has 21 heavy (non-hydrogen) atoms. The Morgan fingerprint density at radius 2 is 2.05 bits per heavy atom. The molecule has 0 aromatic heterocycles. The largest absolute Gasteiger partial charge is 0.382 e. The van der Waals surface area contributed by atoms with E-state index < -0.39 is 0 Å². The van der Waals surface area contributed by atoms with Gasteiger partial charge in [0.25, 0.3) is 0 Å². The highest BCUT2D eigenvalue weighted by molar-refractivity contribution is 5.87. The number of carbonyl (C=O) groups excluding carboxylic acids is 2. The average molecular weight is 287 g/mol. The van der Waals surface area contributed by atoms with E-state index in [1.54, 1.807) is 0 Å². The Hall–Kier alpha value is -2.04. The van der Waals surface area contributed by atoms with Gasteiger partial charge in [-0.3, -0.25) is 9.59 Å². The molecule has 2 unspecified atom stereocenters. The Morgan fingerprint density at radius 3 is 2.81 bits per heavy atom. The normalized spacial score (nSPS) is 23.7. The summed E-state index contributed by atoms with van der Waals surface area (Å²) in [6.07, 6.45) is 2.82. The highest BCUT2D eigenvalue weighted by Crippen LogP contribution is 2.28. The van der Waals surface area contributed by atoms with Gasteiger partial charge >= 0.3 is 0 Å². The molecular weight excluding hydrogens is 266 g/mol. The first-order chi connectivity index (χ1) is 10.1. The third-order valence-electron chi connectivity index (χ3n) is 4.15. The van der Waals surface area contributed by atoms with Crippen molar-refractivity contribution in [1.82, 2.24) is 10.6 Å². The minimum Gasteiger partial charge on any atom is -0.382 e. The second kappa shape index (κ2) is 5.76. The number of anilines is 1. The molecule has 2 amide bonds. The lowest BCUT2D eigenvalue weighted by Crippen LogP contribution is -2.46. The van der Waals surface area contributed by atoms with E-state index >= 15 is 0 Å². The summed E-state index contributed by atoms with van der Waals surface area (Å²) in [6.45, 7) is 2.07. The first kappa shape index (κ1) is 13.9. The first-order valence-corrected chi connectivity index (χ1v) is 7.55. The number of fused-ring (bicyclic) bond motifs is 1. The van der Waals surface area contributed by atoms with Gasteiger partial charge in [-0.1, -0.05) is 18.2 Å². The SMILES string of the molecule is CC1Nc2ccccc2CC1C(=O)NCC(=O)NC1CC1. The van der Waals surface area contributed by atoms with Gasteiger partial charge in [-0.2, -0.15) is 0 Å². The number of benzene rings is 1. The molecule has 0 radical (unpaired) electrons. The predicted octanol–water partition coefficient (Wildman–Crippen LogP) is 1.05. The van der Waals surface area contributed by atoms with Crippen molar-refractivity contribution in [3.05, 3.63) is 29.8 Å². The first-order valence-electron chi connectivity index (χ1n) is 7.55. The van der Waals surface area contributed by atoms with Crippen molar-refractivity contribution in [2.24, 2.45) is 5.92 Å². The second-order valence-electron chi connectivity index (χ2n) is 5.96. The van der Waals surface area contributed by atoms with Crippen LogP contribution in [0.5, 0.6) is 0 Å². The maximum Gasteiger partial charge on any atom is 0.239 e. The Balaban J connectivity index is 1.55. The van der Waals surface area contributed by atoms with Gasteiger partial charge in [0.15, 0.2) is 0 Å². The molecular formula is C16H21N3O2. The van der Waals surface area contributed by atoms with Crippen LogP contribution in [0.15, 0.2) is 24.3 Å². The number of para-hydroxylation sites is 1. The lowest BCUT2D eigenvalue weighted by atomic mass is 9.87. The molecule has 112 valence electrons. The Morgan fingerprint density at radius 1 is 1.29 bits per heavy atom. The lowest BCUT2D eigenvalue weighted by Gasteiger charge is -2.31. The molecule has 0 saturated heterocycles. The standard InChI is InChI=1S/C16H21N3O2/c1-10-13(8-11-4-2-3-5-14(11)18-10)16(21)17-9-15(20)19-12-6-7-12/h2-5,10,12-13,18H,6-9H2,1H3,(H,17,21)(H,19,20). The van der Waals surface area contributed by atoms with Crippen LogP contribution in [0.25, 0.3) is 0 Å². The van der Waals surface area contributed by atoms with Crippen molar-refractivity contribution < 1.29 is 9.59 Å². The molecule has 5 heteroatoms. The van der Waals surface area contributed by atoms with Crippen molar-refractivity contribution in [3.63, 3.8) is 0 Å². The zero-order valence-electron chi connectivity index (χ0n) is 12.2. The summed E-state index contributed by atoms with van der Waals surface area (Å²) < 4.78 is 0. The summed E-state index contributed by atoms with van der Waals surface area (Å²) in [4.78, 5) is 23.9. The van der Waals surface area contributed by atoms with E-state index in [-0.39, 0.29) is 30.3 Å². The van der Waals surface area contributed by atoms with Gasteiger partial charge in [0.1, 0.15) is 0 Å². The molecule has 1 aliphatic heterocycles. The average Bonchev–Trinajstić information content (AvgIpc) is 3.28. The lowest BCUT2D eigenvalue weighted by molar-refractivity contribution is -0.128. The molecule has 3 rings (SSSR count). The fourth-order valence-corrected chi connectivity index (χ4v) is 2.72. The van der Waals surface area contributed by atoms with Gasteiger partial charge in [0, 0.05) is 17.8 Å².